The largest absolute Gasteiger partial charge is 0.380 e. The molecule has 0 aliphatic carbocycles. The second kappa shape index (κ2) is 4.59. The number of nitrogens with two attached hydrogens (primary N) is 1. The molecule has 0 saturated carbocycles. The van der Waals surface area contributed by atoms with E-state index in [-0.39, 0.29) is 11.9 Å². The minimum atomic E-state index is -0.273. The molecule has 2 aromatic rings. The molecule has 0 spiro atoms. The third kappa shape index (κ3) is 2.20. The highest BCUT2D eigenvalue weighted by molar-refractivity contribution is 5.74. The molecule has 16 heavy (non-hydrogen) atoms. The van der Waals surface area contributed by atoms with Crippen LogP contribution in [0, 0.1) is 5.82 Å². The van der Waals surface area contributed by atoms with E-state index < -0.39 is 0 Å². The van der Waals surface area contributed by atoms with Gasteiger partial charge in [0, 0.05) is 20.1 Å². The molecule has 0 fully saturated rings. The average Bonchev–Trinajstić information content (AvgIpc) is 2.67. The highest BCUT2D eigenvalue weighted by Crippen LogP contribution is 2.14. The van der Waals surface area contributed by atoms with Crippen molar-refractivity contribution in [3.63, 3.8) is 0 Å². The number of aromatic amines is 1. The highest BCUT2D eigenvalue weighted by atomic mass is 19.1. The van der Waals surface area contributed by atoms with Crippen LogP contribution in [0.2, 0.25) is 0 Å². The number of ether oxygens (including phenoxy) is 1. The Hall–Kier alpha value is -1.46. The summed E-state index contributed by atoms with van der Waals surface area (Å²) in [5, 5.41) is 0. The van der Waals surface area contributed by atoms with Crippen LogP contribution in [0.15, 0.2) is 18.2 Å². The van der Waals surface area contributed by atoms with E-state index in [2.05, 4.69) is 9.97 Å². The lowest BCUT2D eigenvalue weighted by molar-refractivity contribution is 0.108. The van der Waals surface area contributed by atoms with E-state index in [1.165, 1.54) is 12.1 Å². The normalized spacial score (nSPS) is 13.2. The number of nitrogens with zero attached hydrogens (tertiary/aromatic N) is 1. The van der Waals surface area contributed by atoms with Crippen LogP contribution in [0.3, 0.4) is 0 Å². The summed E-state index contributed by atoms with van der Waals surface area (Å²) in [6.45, 7) is 0.432. The number of nitrogens with one attached hydrogen (secondary N) is 1. The van der Waals surface area contributed by atoms with Crippen molar-refractivity contribution in [1.29, 1.82) is 0 Å². The highest BCUT2D eigenvalue weighted by Gasteiger charge is 2.10. The van der Waals surface area contributed by atoms with Crippen LogP contribution in [0.5, 0.6) is 0 Å². The smallest absolute Gasteiger partial charge is 0.125 e. The van der Waals surface area contributed by atoms with Gasteiger partial charge >= 0.3 is 0 Å². The summed E-state index contributed by atoms with van der Waals surface area (Å²) in [4.78, 5) is 7.38. The fourth-order valence-corrected chi connectivity index (χ4v) is 1.61. The Balaban J connectivity index is 2.25. The summed E-state index contributed by atoms with van der Waals surface area (Å²) in [6, 6.07) is 4.47. The quantitative estimate of drug-likeness (QED) is 0.819. The molecule has 4 nitrogen and oxygen atoms in total. The summed E-state index contributed by atoms with van der Waals surface area (Å²) in [5.74, 6) is 0.489. The number of rotatable bonds is 4. The molecule has 0 bridgehead atoms. The van der Waals surface area contributed by atoms with Crippen LogP contribution in [-0.2, 0) is 11.2 Å². The average molecular weight is 223 g/mol. The third-order valence-electron chi connectivity index (χ3n) is 2.51. The number of methoxy groups -OCH3 is 1. The molecule has 1 heterocycles. The second-order valence-corrected chi connectivity index (χ2v) is 3.64. The van der Waals surface area contributed by atoms with Gasteiger partial charge in [0.1, 0.15) is 11.6 Å². The van der Waals surface area contributed by atoms with Gasteiger partial charge in [0.25, 0.3) is 0 Å². The number of hydrogen-bond donors (Lipinski definition) is 2. The predicted molar refractivity (Wildman–Crippen MR) is 59.6 cm³/mol. The van der Waals surface area contributed by atoms with Gasteiger partial charge in [-0.05, 0) is 18.2 Å². The predicted octanol–water partition coefficient (Wildman–Crippen LogP) is 1.22. The third-order valence-corrected chi connectivity index (χ3v) is 2.51. The fourth-order valence-electron chi connectivity index (χ4n) is 1.61. The Bertz CT molecular complexity index is 479. The van der Waals surface area contributed by atoms with Crippen molar-refractivity contribution in [2.24, 2.45) is 5.73 Å². The number of fused-ring (bicyclic) bond motifs is 1. The summed E-state index contributed by atoms with van der Waals surface area (Å²) < 4.78 is 18.1. The summed E-state index contributed by atoms with van der Waals surface area (Å²) in [5.41, 5.74) is 6.97. The molecule has 1 aromatic heterocycles. The van der Waals surface area contributed by atoms with Gasteiger partial charge in [-0.25, -0.2) is 9.37 Å². The van der Waals surface area contributed by atoms with E-state index in [0.29, 0.717) is 18.5 Å². The number of hydrogen-bond acceptors (Lipinski definition) is 3. The Morgan fingerprint density at radius 3 is 3.06 bits per heavy atom. The molecule has 5 heteroatoms. The topological polar surface area (TPSA) is 63.9 Å². The zero-order valence-electron chi connectivity index (χ0n) is 9.03. The van der Waals surface area contributed by atoms with Crippen molar-refractivity contribution in [3.8, 4) is 0 Å². The molecule has 0 aliphatic heterocycles. The molecule has 3 N–H and O–H groups in total. The van der Waals surface area contributed by atoms with Crippen LogP contribution in [0.1, 0.15) is 5.82 Å². The maximum Gasteiger partial charge on any atom is 0.125 e. The molecule has 0 amide bonds. The maximum atomic E-state index is 12.9. The van der Waals surface area contributed by atoms with Gasteiger partial charge in [0.05, 0.1) is 17.1 Å². The molecule has 1 atom stereocenters. The molecule has 0 radical (unpaired) electrons. The van der Waals surface area contributed by atoms with Crippen molar-refractivity contribution in [2.75, 3.05) is 13.7 Å². The molecular formula is C11H14FN3O. The lowest BCUT2D eigenvalue weighted by Crippen LogP contribution is -2.25. The number of halogens is 1. The molecular weight excluding hydrogens is 209 g/mol. The maximum absolute atomic E-state index is 12.9. The first-order valence-electron chi connectivity index (χ1n) is 5.10. The Kier molecular flexibility index (Phi) is 3.17. The van der Waals surface area contributed by atoms with Crippen LogP contribution in [0.4, 0.5) is 4.39 Å². The number of imidazole rings is 1. The van der Waals surface area contributed by atoms with Crippen molar-refractivity contribution in [2.45, 2.75) is 12.5 Å². The van der Waals surface area contributed by atoms with E-state index in [9.17, 15) is 4.39 Å². The first-order chi connectivity index (χ1) is 7.72. The van der Waals surface area contributed by atoms with Crippen LogP contribution >= 0.6 is 0 Å². The number of H-pyrrole nitrogens is 1. The molecule has 1 aromatic carbocycles. The van der Waals surface area contributed by atoms with Gasteiger partial charge in [0.15, 0.2) is 0 Å². The SMILES string of the molecule is COC(CN)Cc1nc2ccc(F)cc2[nH]1. The van der Waals surface area contributed by atoms with Crippen molar-refractivity contribution >= 4 is 11.0 Å². The number of benzene rings is 1. The lowest BCUT2D eigenvalue weighted by Gasteiger charge is -2.09. The molecule has 0 aliphatic rings. The van der Waals surface area contributed by atoms with E-state index in [0.717, 1.165) is 11.3 Å². The van der Waals surface area contributed by atoms with Crippen molar-refractivity contribution < 1.29 is 9.13 Å². The summed E-state index contributed by atoms with van der Waals surface area (Å²) in [7, 11) is 1.61. The Labute approximate surface area is 92.6 Å². The summed E-state index contributed by atoms with van der Waals surface area (Å²) in [6.07, 6.45) is 0.536. The minimum absolute atomic E-state index is 0.0644. The van der Waals surface area contributed by atoms with E-state index >= 15 is 0 Å². The van der Waals surface area contributed by atoms with Gasteiger partial charge in [-0.3, -0.25) is 0 Å². The Morgan fingerprint density at radius 1 is 1.56 bits per heavy atom. The molecule has 1 unspecified atom stereocenters. The van der Waals surface area contributed by atoms with Gasteiger partial charge in [0.2, 0.25) is 0 Å². The number of aromatic nitrogens is 2. The molecule has 2 rings (SSSR count). The van der Waals surface area contributed by atoms with Crippen molar-refractivity contribution in [3.05, 3.63) is 29.8 Å². The first kappa shape index (κ1) is 11.0. The van der Waals surface area contributed by atoms with E-state index in [4.69, 9.17) is 10.5 Å². The van der Waals surface area contributed by atoms with E-state index in [1.807, 2.05) is 0 Å². The van der Waals surface area contributed by atoms with Crippen LogP contribution in [0.25, 0.3) is 11.0 Å². The van der Waals surface area contributed by atoms with Gasteiger partial charge in [-0.2, -0.15) is 0 Å². The van der Waals surface area contributed by atoms with Gasteiger partial charge in [-0.15, -0.1) is 0 Å². The van der Waals surface area contributed by atoms with Gasteiger partial charge in [-0.1, -0.05) is 0 Å². The summed E-state index contributed by atoms with van der Waals surface area (Å²) >= 11 is 0. The van der Waals surface area contributed by atoms with Crippen LogP contribution in [-0.4, -0.2) is 29.7 Å². The molecule has 0 saturated heterocycles. The standard InChI is InChI=1S/C11H14FN3O/c1-16-8(6-13)5-11-14-9-3-2-7(12)4-10(9)15-11/h2-4,8H,5-6,13H2,1H3,(H,14,15). The monoisotopic (exact) mass is 223 g/mol. The zero-order valence-corrected chi connectivity index (χ0v) is 9.03. The fraction of sp³-hybridized carbons (Fsp3) is 0.364. The molecule has 86 valence electrons. The van der Waals surface area contributed by atoms with Crippen LogP contribution < -0.4 is 5.73 Å². The minimum Gasteiger partial charge on any atom is -0.380 e. The first-order valence-corrected chi connectivity index (χ1v) is 5.10. The van der Waals surface area contributed by atoms with Crippen molar-refractivity contribution in [1.82, 2.24) is 9.97 Å². The van der Waals surface area contributed by atoms with E-state index in [1.54, 1.807) is 13.2 Å². The van der Waals surface area contributed by atoms with Gasteiger partial charge < -0.3 is 15.5 Å². The zero-order chi connectivity index (χ0) is 11.5. The lowest BCUT2D eigenvalue weighted by atomic mass is 10.2. The Morgan fingerprint density at radius 2 is 2.38 bits per heavy atom. The second-order valence-electron chi connectivity index (χ2n) is 3.64.